The Kier molecular flexibility index (Phi) is 8.87. The molecular formula is C36H38ClNO5. The Morgan fingerprint density at radius 1 is 0.884 bits per heavy atom. The van der Waals surface area contributed by atoms with Crippen LogP contribution in [0.25, 0.3) is 10.8 Å². The molecule has 6 rings (SSSR count). The SMILES string of the molecule is CCOc1cc(C2C3=C(CCCC3=O)N(CCCOC)C3=C2C(=O)CCC3)cc(Cl)c1OCc1cccc2ccccc12. The molecule has 3 aromatic carbocycles. The topological polar surface area (TPSA) is 65.1 Å². The first-order valence-electron chi connectivity index (χ1n) is 15.4. The Labute approximate surface area is 258 Å². The van der Waals surface area contributed by atoms with Gasteiger partial charge in [0.25, 0.3) is 0 Å². The smallest absolute Gasteiger partial charge is 0.180 e. The second-order valence-electron chi connectivity index (χ2n) is 11.4. The van der Waals surface area contributed by atoms with Crippen LogP contribution in [0.5, 0.6) is 11.5 Å². The van der Waals surface area contributed by atoms with E-state index in [0.717, 1.165) is 83.1 Å². The molecule has 0 N–H and O–H groups in total. The highest BCUT2D eigenvalue weighted by atomic mass is 35.5. The number of ether oxygens (including phenoxy) is 3. The van der Waals surface area contributed by atoms with Crippen LogP contribution in [0.2, 0.25) is 5.02 Å². The summed E-state index contributed by atoms with van der Waals surface area (Å²) in [6.07, 6.45) is 5.04. The van der Waals surface area contributed by atoms with E-state index in [0.29, 0.717) is 49.2 Å². The van der Waals surface area contributed by atoms with Crippen LogP contribution in [0.3, 0.4) is 0 Å². The summed E-state index contributed by atoms with van der Waals surface area (Å²) in [7, 11) is 1.70. The molecule has 1 aliphatic heterocycles. The molecule has 0 saturated carbocycles. The molecule has 7 heteroatoms. The van der Waals surface area contributed by atoms with Gasteiger partial charge in [0.15, 0.2) is 23.1 Å². The number of ketones is 2. The van der Waals surface area contributed by atoms with Crippen LogP contribution in [0.1, 0.15) is 68.9 Å². The second-order valence-corrected chi connectivity index (χ2v) is 11.8. The van der Waals surface area contributed by atoms with E-state index < -0.39 is 5.92 Å². The van der Waals surface area contributed by atoms with E-state index >= 15 is 0 Å². The quantitative estimate of drug-likeness (QED) is 0.221. The maximum atomic E-state index is 13.7. The molecule has 6 nitrogen and oxygen atoms in total. The fourth-order valence-electron chi connectivity index (χ4n) is 6.91. The van der Waals surface area contributed by atoms with Crippen molar-refractivity contribution in [1.82, 2.24) is 4.90 Å². The minimum Gasteiger partial charge on any atom is -0.490 e. The second kappa shape index (κ2) is 12.9. The number of benzene rings is 3. The Morgan fingerprint density at radius 3 is 2.28 bits per heavy atom. The molecule has 224 valence electrons. The monoisotopic (exact) mass is 599 g/mol. The lowest BCUT2D eigenvalue weighted by atomic mass is 9.71. The molecule has 0 amide bonds. The highest BCUT2D eigenvalue weighted by molar-refractivity contribution is 6.32. The zero-order chi connectivity index (χ0) is 29.9. The van der Waals surface area contributed by atoms with Crippen LogP contribution in [-0.2, 0) is 20.9 Å². The Morgan fingerprint density at radius 2 is 1.58 bits per heavy atom. The van der Waals surface area contributed by atoms with Crippen LogP contribution in [0.4, 0.5) is 0 Å². The van der Waals surface area contributed by atoms with Gasteiger partial charge in [-0.3, -0.25) is 9.59 Å². The molecule has 0 aromatic heterocycles. The van der Waals surface area contributed by atoms with Crippen molar-refractivity contribution >= 4 is 33.9 Å². The third-order valence-electron chi connectivity index (χ3n) is 8.73. The number of carbonyl (C=O) groups excluding carboxylic acids is 2. The lowest BCUT2D eigenvalue weighted by molar-refractivity contribution is -0.117. The van der Waals surface area contributed by atoms with Gasteiger partial charge in [0.05, 0.1) is 11.6 Å². The molecule has 0 spiro atoms. The predicted octanol–water partition coefficient (Wildman–Crippen LogP) is 7.92. The molecule has 0 saturated heterocycles. The van der Waals surface area contributed by atoms with Crippen molar-refractivity contribution in [2.75, 3.05) is 26.9 Å². The van der Waals surface area contributed by atoms with E-state index in [1.165, 1.54) is 0 Å². The van der Waals surface area contributed by atoms with E-state index in [9.17, 15) is 9.59 Å². The van der Waals surface area contributed by atoms with Crippen molar-refractivity contribution in [1.29, 1.82) is 0 Å². The summed E-state index contributed by atoms with van der Waals surface area (Å²) >= 11 is 6.98. The van der Waals surface area contributed by atoms with E-state index in [4.69, 9.17) is 25.8 Å². The summed E-state index contributed by atoms with van der Waals surface area (Å²) in [5.41, 5.74) is 5.42. The van der Waals surface area contributed by atoms with Gasteiger partial charge in [0, 0.05) is 61.6 Å². The summed E-state index contributed by atoms with van der Waals surface area (Å²) in [6, 6.07) is 18.2. The van der Waals surface area contributed by atoms with Gasteiger partial charge in [0.1, 0.15) is 6.61 Å². The van der Waals surface area contributed by atoms with Gasteiger partial charge >= 0.3 is 0 Å². The van der Waals surface area contributed by atoms with Crippen molar-refractivity contribution in [3.63, 3.8) is 0 Å². The molecule has 3 aliphatic rings. The van der Waals surface area contributed by atoms with E-state index in [1.54, 1.807) is 7.11 Å². The van der Waals surface area contributed by atoms with Crippen molar-refractivity contribution in [2.24, 2.45) is 0 Å². The maximum Gasteiger partial charge on any atom is 0.180 e. The van der Waals surface area contributed by atoms with Gasteiger partial charge in [-0.2, -0.15) is 0 Å². The number of Topliss-reactive ketones (excluding diaryl/α,β-unsaturated/α-hetero) is 2. The molecule has 0 unspecified atom stereocenters. The van der Waals surface area contributed by atoms with Gasteiger partial charge in [-0.05, 0) is 73.1 Å². The van der Waals surface area contributed by atoms with Crippen LogP contribution in [-0.4, -0.2) is 43.3 Å². The first-order valence-corrected chi connectivity index (χ1v) is 15.7. The number of carbonyl (C=O) groups is 2. The molecule has 0 fully saturated rings. The van der Waals surface area contributed by atoms with Crippen molar-refractivity contribution in [2.45, 2.75) is 64.4 Å². The average molecular weight is 600 g/mol. The largest absolute Gasteiger partial charge is 0.490 e. The predicted molar refractivity (Wildman–Crippen MR) is 169 cm³/mol. The maximum absolute atomic E-state index is 13.7. The molecule has 3 aromatic rings. The standard InChI is InChI=1S/C36H38ClNO5/c1-3-42-32-21-25(20-27(37)36(32)43-22-24-12-6-11-23-10-4-5-13-26(23)24)33-34-28(14-7-16-30(34)39)38(18-9-19-41-2)29-15-8-17-31(40)35(29)33/h4-6,10-13,20-21,33H,3,7-9,14-19,22H2,1-2H3. The number of methoxy groups -OCH3 is 1. The average Bonchev–Trinajstić information content (AvgIpc) is 3.01. The zero-order valence-corrected chi connectivity index (χ0v) is 25.7. The Hall–Kier alpha value is -3.61. The van der Waals surface area contributed by atoms with E-state index in [1.807, 2.05) is 37.3 Å². The van der Waals surface area contributed by atoms with Crippen LogP contribution in [0, 0.1) is 0 Å². The number of halogens is 1. The number of hydrogen-bond acceptors (Lipinski definition) is 6. The van der Waals surface area contributed by atoms with Gasteiger partial charge in [0.2, 0.25) is 0 Å². The Balaban J connectivity index is 1.42. The van der Waals surface area contributed by atoms with Gasteiger partial charge in [-0.15, -0.1) is 0 Å². The number of allylic oxidation sites excluding steroid dienone is 4. The molecular weight excluding hydrogens is 562 g/mol. The normalized spacial score (nSPS) is 17.4. The molecule has 2 aliphatic carbocycles. The van der Waals surface area contributed by atoms with Crippen molar-refractivity contribution < 1.29 is 23.8 Å². The summed E-state index contributed by atoms with van der Waals surface area (Å²) in [5, 5.41) is 2.67. The van der Waals surface area contributed by atoms with Gasteiger partial charge in [-0.25, -0.2) is 0 Å². The van der Waals surface area contributed by atoms with Gasteiger partial charge in [-0.1, -0.05) is 54.1 Å². The number of nitrogens with zero attached hydrogens (tertiary/aromatic N) is 1. The highest BCUT2D eigenvalue weighted by Crippen LogP contribution is 2.51. The zero-order valence-electron chi connectivity index (χ0n) is 24.9. The minimum absolute atomic E-state index is 0.110. The van der Waals surface area contributed by atoms with Crippen molar-refractivity contribution in [3.05, 3.63) is 93.3 Å². The minimum atomic E-state index is -0.465. The third-order valence-corrected chi connectivity index (χ3v) is 9.01. The molecule has 0 radical (unpaired) electrons. The Bertz CT molecular complexity index is 1570. The van der Waals surface area contributed by atoms with Crippen LogP contribution < -0.4 is 9.47 Å². The summed E-state index contributed by atoms with van der Waals surface area (Å²) < 4.78 is 17.8. The van der Waals surface area contributed by atoms with Crippen LogP contribution in [0.15, 0.2) is 77.1 Å². The van der Waals surface area contributed by atoms with Crippen molar-refractivity contribution in [3.8, 4) is 11.5 Å². The summed E-state index contributed by atoms with van der Waals surface area (Å²) in [4.78, 5) is 29.6. The lowest BCUT2D eigenvalue weighted by Gasteiger charge is -2.44. The third kappa shape index (κ3) is 5.71. The summed E-state index contributed by atoms with van der Waals surface area (Å²) in [6.45, 7) is 4.01. The first-order chi connectivity index (χ1) is 21.0. The first kappa shape index (κ1) is 29.5. The van der Waals surface area contributed by atoms with Crippen LogP contribution >= 0.6 is 11.6 Å². The fraction of sp³-hybridized carbons (Fsp3) is 0.389. The van der Waals surface area contributed by atoms with E-state index in [-0.39, 0.29) is 11.6 Å². The van der Waals surface area contributed by atoms with E-state index in [2.05, 4.69) is 29.2 Å². The molecule has 0 bridgehead atoms. The number of fused-ring (bicyclic) bond motifs is 1. The van der Waals surface area contributed by atoms with Gasteiger partial charge < -0.3 is 19.1 Å². The molecule has 0 atom stereocenters. The number of hydrogen-bond donors (Lipinski definition) is 0. The highest BCUT2D eigenvalue weighted by Gasteiger charge is 2.43. The summed E-state index contributed by atoms with van der Waals surface area (Å²) in [5.74, 6) is 0.735. The lowest BCUT2D eigenvalue weighted by Crippen LogP contribution is -2.39. The molecule has 43 heavy (non-hydrogen) atoms. The molecule has 1 heterocycles. The number of rotatable bonds is 10. The fourth-order valence-corrected chi connectivity index (χ4v) is 7.19.